The highest BCUT2D eigenvalue weighted by atomic mass is 16.5. The van der Waals surface area contributed by atoms with E-state index in [1.165, 1.54) is 5.56 Å². The Hall–Kier alpha value is -1.55. The van der Waals surface area contributed by atoms with E-state index >= 15 is 0 Å². The molecule has 4 nitrogen and oxygen atoms in total. The number of hydrogen-bond acceptors (Lipinski definition) is 3. The Balaban J connectivity index is 1.94. The molecule has 1 saturated heterocycles. The Bertz CT molecular complexity index is 448. The van der Waals surface area contributed by atoms with E-state index in [4.69, 9.17) is 4.74 Å². The normalized spacial score (nSPS) is 20.9. The van der Waals surface area contributed by atoms with Gasteiger partial charge in [0.2, 0.25) is 5.91 Å². The summed E-state index contributed by atoms with van der Waals surface area (Å²) in [6.45, 7) is 2.92. The molecule has 20 heavy (non-hydrogen) atoms. The second kappa shape index (κ2) is 7.29. The molecular formula is C16H24N2O2. The van der Waals surface area contributed by atoms with Gasteiger partial charge < -0.3 is 15.4 Å². The van der Waals surface area contributed by atoms with Gasteiger partial charge in [-0.3, -0.25) is 4.79 Å². The van der Waals surface area contributed by atoms with Gasteiger partial charge in [-0.15, -0.1) is 0 Å². The van der Waals surface area contributed by atoms with Crippen molar-refractivity contribution in [2.45, 2.75) is 44.7 Å². The third-order valence-electron chi connectivity index (χ3n) is 3.74. The molecule has 2 atom stereocenters. The van der Waals surface area contributed by atoms with Crippen LogP contribution in [-0.4, -0.2) is 31.6 Å². The highest BCUT2D eigenvalue weighted by Crippen LogP contribution is 2.19. The van der Waals surface area contributed by atoms with Gasteiger partial charge in [-0.25, -0.2) is 0 Å². The van der Waals surface area contributed by atoms with Crippen molar-refractivity contribution >= 4 is 5.91 Å². The molecule has 1 aromatic rings. The molecule has 2 rings (SSSR count). The summed E-state index contributed by atoms with van der Waals surface area (Å²) in [7, 11) is 1.69. The molecule has 1 aliphatic rings. The Labute approximate surface area is 120 Å². The molecule has 110 valence electrons. The molecule has 0 unspecified atom stereocenters. The molecule has 1 amide bonds. The van der Waals surface area contributed by atoms with Crippen molar-refractivity contribution < 1.29 is 9.53 Å². The van der Waals surface area contributed by atoms with Gasteiger partial charge in [0.25, 0.3) is 0 Å². The fraction of sp³-hybridized carbons (Fsp3) is 0.562. The van der Waals surface area contributed by atoms with Crippen molar-refractivity contribution in [1.29, 1.82) is 0 Å². The Morgan fingerprint density at radius 2 is 2.20 bits per heavy atom. The minimum atomic E-state index is -0.0674. The van der Waals surface area contributed by atoms with E-state index in [-0.39, 0.29) is 18.0 Å². The molecule has 2 N–H and O–H groups in total. The zero-order valence-corrected chi connectivity index (χ0v) is 12.3. The van der Waals surface area contributed by atoms with Crippen molar-refractivity contribution in [3.05, 3.63) is 29.8 Å². The fourth-order valence-electron chi connectivity index (χ4n) is 2.70. The molecule has 0 aromatic heterocycles. The Kier molecular flexibility index (Phi) is 5.41. The van der Waals surface area contributed by atoms with Crippen LogP contribution < -0.4 is 15.4 Å². The Morgan fingerprint density at radius 1 is 1.40 bits per heavy atom. The van der Waals surface area contributed by atoms with Crippen molar-refractivity contribution in [3.63, 3.8) is 0 Å². The molecule has 1 aromatic carbocycles. The number of benzene rings is 1. The SMILES string of the molecule is COc1ccccc1C[C@@H](C)N[C@H]1CCCCNC1=O. The monoisotopic (exact) mass is 276 g/mol. The van der Waals surface area contributed by atoms with Crippen LogP contribution in [0, 0.1) is 0 Å². The zero-order valence-electron chi connectivity index (χ0n) is 12.3. The maximum Gasteiger partial charge on any atom is 0.237 e. The van der Waals surface area contributed by atoms with Crippen LogP contribution in [0.4, 0.5) is 0 Å². The van der Waals surface area contributed by atoms with E-state index < -0.39 is 0 Å². The summed E-state index contributed by atoms with van der Waals surface area (Å²) in [5.74, 6) is 1.04. The number of para-hydroxylation sites is 1. The summed E-state index contributed by atoms with van der Waals surface area (Å²) in [5, 5.41) is 6.40. The fourth-order valence-corrected chi connectivity index (χ4v) is 2.70. The van der Waals surface area contributed by atoms with E-state index in [1.807, 2.05) is 18.2 Å². The Morgan fingerprint density at radius 3 is 3.00 bits per heavy atom. The van der Waals surface area contributed by atoms with Crippen LogP contribution in [0.3, 0.4) is 0 Å². The third kappa shape index (κ3) is 3.97. The van der Waals surface area contributed by atoms with E-state index in [0.29, 0.717) is 0 Å². The first-order chi connectivity index (χ1) is 9.70. The van der Waals surface area contributed by atoms with Crippen LogP contribution in [0.25, 0.3) is 0 Å². The average Bonchev–Trinajstić information content (AvgIpc) is 2.65. The summed E-state index contributed by atoms with van der Waals surface area (Å²) >= 11 is 0. The van der Waals surface area contributed by atoms with E-state index in [0.717, 1.165) is 38.0 Å². The molecule has 1 fully saturated rings. The highest BCUT2D eigenvalue weighted by molar-refractivity contribution is 5.81. The number of amides is 1. The molecule has 0 bridgehead atoms. The van der Waals surface area contributed by atoms with Gasteiger partial charge >= 0.3 is 0 Å². The van der Waals surface area contributed by atoms with Crippen molar-refractivity contribution in [2.75, 3.05) is 13.7 Å². The van der Waals surface area contributed by atoms with Gasteiger partial charge in [0, 0.05) is 12.6 Å². The van der Waals surface area contributed by atoms with E-state index in [1.54, 1.807) is 7.11 Å². The van der Waals surface area contributed by atoms with Crippen molar-refractivity contribution in [2.24, 2.45) is 0 Å². The van der Waals surface area contributed by atoms with Gasteiger partial charge in [0.05, 0.1) is 13.2 Å². The average molecular weight is 276 g/mol. The van der Waals surface area contributed by atoms with Gasteiger partial charge in [-0.1, -0.05) is 18.2 Å². The molecule has 1 aliphatic heterocycles. The smallest absolute Gasteiger partial charge is 0.237 e. The number of ether oxygens (including phenoxy) is 1. The number of carbonyl (C=O) groups is 1. The topological polar surface area (TPSA) is 50.4 Å². The molecule has 0 spiro atoms. The lowest BCUT2D eigenvalue weighted by Crippen LogP contribution is -2.47. The summed E-state index contributed by atoms with van der Waals surface area (Å²) in [4.78, 5) is 11.9. The minimum absolute atomic E-state index is 0.0674. The van der Waals surface area contributed by atoms with E-state index in [9.17, 15) is 4.79 Å². The predicted molar refractivity (Wildman–Crippen MR) is 79.9 cm³/mol. The lowest BCUT2D eigenvalue weighted by molar-refractivity contribution is -0.123. The van der Waals surface area contributed by atoms with Crippen LogP contribution >= 0.6 is 0 Å². The number of rotatable bonds is 5. The molecular weight excluding hydrogens is 252 g/mol. The highest BCUT2D eigenvalue weighted by Gasteiger charge is 2.22. The minimum Gasteiger partial charge on any atom is -0.496 e. The molecule has 1 heterocycles. The van der Waals surface area contributed by atoms with Gasteiger partial charge in [0.1, 0.15) is 5.75 Å². The second-order valence-corrected chi connectivity index (χ2v) is 5.42. The third-order valence-corrected chi connectivity index (χ3v) is 3.74. The number of nitrogens with one attached hydrogen (secondary N) is 2. The number of hydrogen-bond donors (Lipinski definition) is 2. The second-order valence-electron chi connectivity index (χ2n) is 5.42. The largest absolute Gasteiger partial charge is 0.496 e. The van der Waals surface area contributed by atoms with Crippen LogP contribution in [0.1, 0.15) is 31.7 Å². The lowest BCUT2D eigenvalue weighted by atomic mass is 10.0. The first-order valence-electron chi connectivity index (χ1n) is 7.36. The standard InChI is InChI=1S/C16H24N2O2/c1-12(11-13-7-3-4-9-15(13)20-2)18-14-8-5-6-10-17-16(14)19/h3-4,7,9,12,14,18H,5-6,8,10-11H2,1-2H3,(H,17,19)/t12-,14+/m1/s1. The number of methoxy groups -OCH3 is 1. The number of carbonyl (C=O) groups excluding carboxylic acids is 1. The maximum absolute atomic E-state index is 11.9. The molecule has 4 heteroatoms. The summed E-state index contributed by atoms with van der Waals surface area (Å²) in [6, 6.07) is 8.20. The van der Waals surface area contributed by atoms with Gasteiger partial charge in [-0.2, -0.15) is 0 Å². The van der Waals surface area contributed by atoms with Crippen LogP contribution in [0.5, 0.6) is 5.75 Å². The van der Waals surface area contributed by atoms with Crippen LogP contribution in [0.15, 0.2) is 24.3 Å². The summed E-state index contributed by atoms with van der Waals surface area (Å²) < 4.78 is 5.37. The zero-order chi connectivity index (χ0) is 14.4. The molecule has 0 saturated carbocycles. The quantitative estimate of drug-likeness (QED) is 0.863. The van der Waals surface area contributed by atoms with Crippen LogP contribution in [0.2, 0.25) is 0 Å². The first kappa shape index (κ1) is 14.9. The summed E-state index contributed by atoms with van der Waals surface area (Å²) in [6.07, 6.45) is 3.94. The molecule has 0 aliphatic carbocycles. The van der Waals surface area contributed by atoms with Crippen molar-refractivity contribution in [3.8, 4) is 5.75 Å². The first-order valence-corrected chi connectivity index (χ1v) is 7.36. The van der Waals surface area contributed by atoms with Gasteiger partial charge in [-0.05, 0) is 44.2 Å². The van der Waals surface area contributed by atoms with Gasteiger partial charge in [0.15, 0.2) is 0 Å². The summed E-state index contributed by atoms with van der Waals surface area (Å²) in [5.41, 5.74) is 1.17. The van der Waals surface area contributed by atoms with Crippen molar-refractivity contribution in [1.82, 2.24) is 10.6 Å². The van der Waals surface area contributed by atoms with Crippen LogP contribution in [-0.2, 0) is 11.2 Å². The molecule has 0 radical (unpaired) electrons. The lowest BCUT2D eigenvalue weighted by Gasteiger charge is -2.21. The predicted octanol–water partition coefficient (Wildman–Crippen LogP) is 1.88. The van der Waals surface area contributed by atoms with E-state index in [2.05, 4.69) is 23.6 Å². The maximum atomic E-state index is 11.9.